The number of carbonyl (C=O) groups is 1. The maximum absolute atomic E-state index is 12.3. The number of anilines is 1. The van der Waals surface area contributed by atoms with Gasteiger partial charge in [0.1, 0.15) is 5.69 Å². The summed E-state index contributed by atoms with van der Waals surface area (Å²) in [5.74, 6) is 0.525. The van der Waals surface area contributed by atoms with Crippen LogP contribution >= 0.6 is 0 Å². The van der Waals surface area contributed by atoms with Crippen molar-refractivity contribution in [1.29, 1.82) is 0 Å². The average molecular weight is 295 g/mol. The van der Waals surface area contributed by atoms with Crippen molar-refractivity contribution in [3.63, 3.8) is 0 Å². The number of nitrogen functional groups attached to an aromatic ring is 1. The number of carbonyl (C=O) groups excluding carboxylic acids is 1. The number of nitrogens with zero attached hydrogens (tertiary/aromatic N) is 1. The first-order chi connectivity index (χ1) is 9.80. The third-order valence-electron chi connectivity index (χ3n) is 4.21. The predicted octanol–water partition coefficient (Wildman–Crippen LogP) is 2.32. The van der Waals surface area contributed by atoms with Crippen molar-refractivity contribution in [2.75, 3.05) is 18.9 Å². The second kappa shape index (κ2) is 6.05. The number of ether oxygens (including phenoxy) is 1. The van der Waals surface area contributed by atoms with E-state index in [1.807, 2.05) is 6.92 Å². The van der Waals surface area contributed by atoms with Crippen molar-refractivity contribution in [2.45, 2.75) is 52.5 Å². The van der Waals surface area contributed by atoms with Crippen molar-refractivity contribution in [3.8, 4) is 0 Å². The summed E-state index contributed by atoms with van der Waals surface area (Å²) in [5.41, 5.74) is 6.58. The van der Waals surface area contributed by atoms with Crippen LogP contribution in [0.2, 0.25) is 0 Å². The molecule has 6 nitrogen and oxygen atoms in total. The molecular formula is C15H25N3O3. The van der Waals surface area contributed by atoms with E-state index in [4.69, 9.17) is 15.0 Å². The van der Waals surface area contributed by atoms with Crippen LogP contribution < -0.4 is 11.1 Å². The third-order valence-corrected chi connectivity index (χ3v) is 4.21. The second-order valence-electron chi connectivity index (χ2n) is 6.76. The Labute approximate surface area is 125 Å². The Morgan fingerprint density at radius 2 is 2.00 bits per heavy atom. The summed E-state index contributed by atoms with van der Waals surface area (Å²) in [5, 5.41) is 6.80. The Hall–Kier alpha value is -1.56. The van der Waals surface area contributed by atoms with Crippen molar-refractivity contribution in [3.05, 3.63) is 11.5 Å². The van der Waals surface area contributed by atoms with E-state index in [1.165, 1.54) is 0 Å². The quantitative estimate of drug-likeness (QED) is 0.893. The fourth-order valence-corrected chi connectivity index (χ4v) is 2.21. The molecule has 1 saturated heterocycles. The van der Waals surface area contributed by atoms with Gasteiger partial charge in [-0.15, -0.1) is 0 Å². The van der Waals surface area contributed by atoms with Crippen LogP contribution in [0.3, 0.4) is 0 Å². The van der Waals surface area contributed by atoms with Crippen LogP contribution in [0.5, 0.6) is 0 Å². The minimum Gasteiger partial charge on any atom is -0.394 e. The summed E-state index contributed by atoms with van der Waals surface area (Å²) in [4.78, 5) is 12.3. The summed E-state index contributed by atoms with van der Waals surface area (Å²) in [6.07, 6.45) is 1.69. The highest BCUT2D eigenvalue weighted by molar-refractivity contribution is 5.97. The molecule has 1 aliphatic heterocycles. The lowest BCUT2D eigenvalue weighted by atomic mass is 9.88. The smallest absolute Gasteiger partial charge is 0.275 e. The lowest BCUT2D eigenvalue weighted by Gasteiger charge is -2.27. The molecule has 1 aromatic rings. The Bertz CT molecular complexity index is 499. The van der Waals surface area contributed by atoms with Gasteiger partial charge in [0.15, 0.2) is 11.5 Å². The van der Waals surface area contributed by atoms with E-state index >= 15 is 0 Å². The van der Waals surface area contributed by atoms with Crippen LogP contribution in [0.1, 0.15) is 62.7 Å². The molecule has 0 spiro atoms. The normalized spacial score (nSPS) is 18.5. The molecule has 3 N–H and O–H groups in total. The monoisotopic (exact) mass is 295 g/mol. The van der Waals surface area contributed by atoms with Crippen LogP contribution in [0.4, 0.5) is 5.69 Å². The van der Waals surface area contributed by atoms with E-state index in [0.717, 1.165) is 12.8 Å². The van der Waals surface area contributed by atoms with E-state index in [1.54, 1.807) is 0 Å². The fourth-order valence-electron chi connectivity index (χ4n) is 2.21. The average Bonchev–Trinajstić information content (AvgIpc) is 2.80. The Balaban J connectivity index is 2.10. The zero-order chi connectivity index (χ0) is 15.6. The fraction of sp³-hybridized carbons (Fsp3) is 0.733. The number of aromatic nitrogens is 1. The third kappa shape index (κ3) is 3.56. The SMILES string of the molecule is C[C@H](NC(=O)c1noc(C2CCOCC2)c1N)C(C)(C)C. The van der Waals surface area contributed by atoms with Gasteiger partial charge in [-0.25, -0.2) is 0 Å². The van der Waals surface area contributed by atoms with Crippen LogP contribution in [0.15, 0.2) is 4.52 Å². The molecule has 1 amide bonds. The standard InChI is InChI=1S/C15H25N3O3/c1-9(15(2,3)4)17-14(19)12-11(16)13(21-18-12)10-5-7-20-8-6-10/h9-10H,5-8,16H2,1-4H3,(H,17,19)/t9-/m0/s1. The highest BCUT2D eigenvalue weighted by Crippen LogP contribution is 2.32. The van der Waals surface area contributed by atoms with Gasteiger partial charge in [0.2, 0.25) is 0 Å². The lowest BCUT2D eigenvalue weighted by Crippen LogP contribution is -2.41. The van der Waals surface area contributed by atoms with Crippen LogP contribution in [0, 0.1) is 5.41 Å². The van der Waals surface area contributed by atoms with E-state index in [2.05, 4.69) is 31.2 Å². The molecule has 2 rings (SSSR count). The van der Waals surface area contributed by atoms with Gasteiger partial charge in [-0.05, 0) is 25.2 Å². The van der Waals surface area contributed by atoms with E-state index in [-0.39, 0.29) is 29.0 Å². The van der Waals surface area contributed by atoms with Gasteiger partial charge in [-0.3, -0.25) is 4.79 Å². The lowest BCUT2D eigenvalue weighted by molar-refractivity contribution is 0.0791. The second-order valence-corrected chi connectivity index (χ2v) is 6.76. The summed E-state index contributed by atoms with van der Waals surface area (Å²) >= 11 is 0. The Kier molecular flexibility index (Phi) is 4.56. The predicted molar refractivity (Wildman–Crippen MR) is 80.1 cm³/mol. The molecule has 2 heterocycles. The summed E-state index contributed by atoms with van der Waals surface area (Å²) < 4.78 is 10.7. The summed E-state index contributed by atoms with van der Waals surface area (Å²) in [7, 11) is 0. The highest BCUT2D eigenvalue weighted by atomic mass is 16.5. The number of hydrogen-bond acceptors (Lipinski definition) is 5. The molecule has 0 bridgehead atoms. The maximum atomic E-state index is 12.3. The van der Waals surface area contributed by atoms with Gasteiger partial charge in [0.25, 0.3) is 5.91 Å². The van der Waals surface area contributed by atoms with Gasteiger partial charge in [-0.2, -0.15) is 0 Å². The van der Waals surface area contributed by atoms with Crippen LogP contribution in [0.25, 0.3) is 0 Å². The number of rotatable bonds is 3. The first-order valence-electron chi connectivity index (χ1n) is 7.44. The molecule has 1 atom stereocenters. The number of hydrogen-bond donors (Lipinski definition) is 2. The van der Waals surface area contributed by atoms with E-state index in [9.17, 15) is 4.79 Å². The Morgan fingerprint density at radius 1 is 1.38 bits per heavy atom. The molecule has 0 aromatic carbocycles. The first-order valence-corrected chi connectivity index (χ1v) is 7.44. The molecule has 0 aliphatic carbocycles. The summed E-state index contributed by atoms with van der Waals surface area (Å²) in [6.45, 7) is 9.54. The highest BCUT2D eigenvalue weighted by Gasteiger charge is 2.29. The molecule has 0 unspecified atom stereocenters. The maximum Gasteiger partial charge on any atom is 0.275 e. The molecule has 118 valence electrons. The van der Waals surface area contributed by atoms with E-state index in [0.29, 0.717) is 24.7 Å². The topological polar surface area (TPSA) is 90.4 Å². The number of amides is 1. The van der Waals surface area contributed by atoms with Crippen molar-refractivity contribution in [2.24, 2.45) is 5.41 Å². The molecule has 21 heavy (non-hydrogen) atoms. The molecule has 1 aliphatic rings. The van der Waals surface area contributed by atoms with Crippen molar-refractivity contribution >= 4 is 11.6 Å². The largest absolute Gasteiger partial charge is 0.394 e. The molecule has 0 radical (unpaired) electrons. The van der Waals surface area contributed by atoms with Gasteiger partial charge >= 0.3 is 0 Å². The molecule has 0 saturated carbocycles. The number of nitrogens with two attached hydrogens (primary N) is 1. The van der Waals surface area contributed by atoms with Crippen LogP contribution in [-0.2, 0) is 4.74 Å². The van der Waals surface area contributed by atoms with Crippen molar-refractivity contribution < 1.29 is 14.1 Å². The molecular weight excluding hydrogens is 270 g/mol. The first kappa shape index (κ1) is 15.8. The van der Waals surface area contributed by atoms with Gasteiger partial charge in [0.05, 0.1) is 0 Å². The van der Waals surface area contributed by atoms with Gasteiger partial charge in [-0.1, -0.05) is 25.9 Å². The minimum absolute atomic E-state index is 0.00707. The molecule has 6 heteroatoms. The van der Waals surface area contributed by atoms with E-state index < -0.39 is 0 Å². The summed E-state index contributed by atoms with van der Waals surface area (Å²) in [6, 6.07) is 0.00707. The van der Waals surface area contributed by atoms with Crippen LogP contribution in [-0.4, -0.2) is 30.3 Å². The zero-order valence-electron chi connectivity index (χ0n) is 13.2. The Morgan fingerprint density at radius 3 is 2.57 bits per heavy atom. The molecule has 1 aromatic heterocycles. The van der Waals surface area contributed by atoms with Gasteiger partial charge in [0, 0.05) is 25.2 Å². The zero-order valence-corrected chi connectivity index (χ0v) is 13.2. The van der Waals surface area contributed by atoms with Gasteiger partial charge < -0.3 is 20.3 Å². The minimum atomic E-state index is -0.281. The number of nitrogens with one attached hydrogen (secondary N) is 1. The molecule has 1 fully saturated rings. The van der Waals surface area contributed by atoms with Crippen molar-refractivity contribution in [1.82, 2.24) is 10.5 Å².